The van der Waals surface area contributed by atoms with Crippen molar-refractivity contribution in [1.82, 2.24) is 0 Å². The van der Waals surface area contributed by atoms with Crippen molar-refractivity contribution in [3.8, 4) is 0 Å². The Morgan fingerprint density at radius 3 is 2.09 bits per heavy atom. The molecule has 19 nitrogen and oxygen atoms in total. The predicted molar refractivity (Wildman–Crippen MR) is 225 cm³/mol. The van der Waals surface area contributed by atoms with Crippen LogP contribution < -0.4 is 0 Å². The standard InChI is InChI=1S/C47H74O19/c1-19-8-10-45(12-13-46-17-47(46)11-9-26-43(4,14-23(50)38(59)44(26,5)18-49)27(47)7-6-22(46)28(45)20(19)2)42(60)66-41-35(57)32(54)30(52)25(64-41)16-61-39-36(58)33(55)37(24(15-48)63-39)65-40-34(56)31(53)29(51)21(3)62-40/h6,19-21,23-41,48-59H,7-18H2,1-5H3/t19-,20+,21+,23-,24+,25-,26-,27-,28-,29+,30-,31-,32+,33+,34+,35-,36+,37+,38+,39+,40-,41+,43+,44+,45+,46+,47-/m1/s1. The summed E-state index contributed by atoms with van der Waals surface area (Å²) >= 11 is 0. The first-order valence-corrected chi connectivity index (χ1v) is 24.2. The van der Waals surface area contributed by atoms with Crippen LogP contribution in [0, 0.1) is 56.7 Å². The zero-order valence-corrected chi connectivity index (χ0v) is 38.5. The highest BCUT2D eigenvalue weighted by atomic mass is 16.8. The Kier molecular flexibility index (Phi) is 13.0. The van der Waals surface area contributed by atoms with Gasteiger partial charge in [0.25, 0.3) is 0 Å². The SMILES string of the molecule is C[C@H]1[C@H](C)CC[C@]2(C(=O)O[C@@H]3O[C@H](CO[C@H]4O[C@@H](CO)[C@H](O[C@H]5O[C@@H](C)[C@H](O)[C@@H](O)[C@@H]5O)[C@@H](O)[C@@H]4O)[C@@H](O)[C@H](O)[C@H]3O)CC[C@@]34C[C@@]35CC[C@@H]3[C@](C)(C[C@@H](O)[C@H](O)[C@@]3(C)CO)[C@H]5CC=C4[C@@H]12. The Hall–Kier alpha value is -1.47. The van der Waals surface area contributed by atoms with Gasteiger partial charge in [-0.25, -0.2) is 0 Å². The fraction of sp³-hybridized carbons (Fsp3) is 0.936. The third-order valence-electron chi connectivity index (χ3n) is 19.6. The van der Waals surface area contributed by atoms with Gasteiger partial charge in [-0.3, -0.25) is 4.79 Å². The number of allylic oxidation sites excluding steroid dienone is 2. The molecule has 0 unspecified atom stereocenters. The number of aliphatic hydroxyl groups is 12. The number of fused-ring (bicyclic) bond motifs is 4. The molecule has 12 N–H and O–H groups in total. The molecule has 9 aliphatic rings. The van der Waals surface area contributed by atoms with Gasteiger partial charge < -0.3 is 89.7 Å². The highest BCUT2D eigenvalue weighted by Crippen LogP contribution is 2.87. The van der Waals surface area contributed by atoms with Crippen molar-refractivity contribution < 1.29 is 94.5 Å². The van der Waals surface area contributed by atoms with E-state index < -0.39 is 134 Å². The Morgan fingerprint density at radius 2 is 1.39 bits per heavy atom. The van der Waals surface area contributed by atoms with Crippen LogP contribution in [0.2, 0.25) is 0 Å². The first-order chi connectivity index (χ1) is 31.1. The fourth-order valence-electron chi connectivity index (χ4n) is 15.6. The molecule has 0 amide bonds. The van der Waals surface area contributed by atoms with Crippen LogP contribution in [0.25, 0.3) is 0 Å². The summed E-state index contributed by atoms with van der Waals surface area (Å²) in [6.45, 7) is 8.38. The van der Waals surface area contributed by atoms with Gasteiger partial charge in [0.15, 0.2) is 12.6 Å². The van der Waals surface area contributed by atoms with Gasteiger partial charge in [-0.15, -0.1) is 0 Å². The predicted octanol–water partition coefficient (Wildman–Crippen LogP) is -1.67. The average molecular weight is 943 g/mol. The average Bonchev–Trinajstić information content (AvgIpc) is 3.96. The van der Waals surface area contributed by atoms with E-state index in [4.69, 9.17) is 28.4 Å². The van der Waals surface area contributed by atoms with Crippen molar-refractivity contribution in [2.75, 3.05) is 19.8 Å². The first-order valence-electron chi connectivity index (χ1n) is 24.2. The monoisotopic (exact) mass is 942 g/mol. The summed E-state index contributed by atoms with van der Waals surface area (Å²) in [7, 11) is 0. The van der Waals surface area contributed by atoms with E-state index in [0.717, 1.165) is 38.5 Å². The third-order valence-corrected chi connectivity index (χ3v) is 19.6. The number of ether oxygens (including phenoxy) is 6. The van der Waals surface area contributed by atoms with Gasteiger partial charge >= 0.3 is 5.97 Å². The maximum Gasteiger partial charge on any atom is 0.315 e. The quantitative estimate of drug-likeness (QED) is 0.0909. The molecule has 27 atom stereocenters. The lowest BCUT2D eigenvalue weighted by atomic mass is 9.40. The molecule has 0 bridgehead atoms. The number of rotatable bonds is 9. The topological polar surface area (TPSA) is 315 Å². The van der Waals surface area contributed by atoms with Crippen LogP contribution in [0.4, 0.5) is 0 Å². The molecule has 5 saturated carbocycles. The van der Waals surface area contributed by atoms with Gasteiger partial charge in [-0.1, -0.05) is 39.3 Å². The fourth-order valence-corrected chi connectivity index (χ4v) is 15.6. The number of hydrogen-bond acceptors (Lipinski definition) is 19. The van der Waals surface area contributed by atoms with E-state index in [2.05, 4.69) is 26.8 Å². The maximum atomic E-state index is 14.9. The second kappa shape index (κ2) is 17.4. The van der Waals surface area contributed by atoms with Crippen LogP contribution in [0.3, 0.4) is 0 Å². The molecule has 2 spiro atoms. The lowest BCUT2D eigenvalue weighted by molar-refractivity contribution is -0.361. The summed E-state index contributed by atoms with van der Waals surface area (Å²) in [6, 6.07) is 0. The largest absolute Gasteiger partial charge is 0.432 e. The molecule has 376 valence electrons. The van der Waals surface area contributed by atoms with Gasteiger partial charge in [0.05, 0.1) is 43.5 Å². The lowest BCUT2D eigenvalue weighted by Crippen LogP contribution is -2.65. The minimum absolute atomic E-state index is 0.0273. The molecule has 9 rings (SSSR count). The Bertz CT molecular complexity index is 1840. The smallest absolute Gasteiger partial charge is 0.315 e. The van der Waals surface area contributed by atoms with Gasteiger partial charge in [0, 0.05) is 5.41 Å². The van der Waals surface area contributed by atoms with Crippen molar-refractivity contribution in [2.24, 2.45) is 56.7 Å². The maximum absolute atomic E-state index is 14.9. The van der Waals surface area contributed by atoms with Crippen molar-refractivity contribution >= 4 is 5.97 Å². The molecule has 3 heterocycles. The number of carbonyl (C=O) groups excluding carboxylic acids is 1. The molecule has 3 aliphatic heterocycles. The molecule has 66 heavy (non-hydrogen) atoms. The van der Waals surface area contributed by atoms with E-state index in [1.807, 2.05) is 6.92 Å². The van der Waals surface area contributed by atoms with Crippen LogP contribution in [0.5, 0.6) is 0 Å². The van der Waals surface area contributed by atoms with Crippen LogP contribution >= 0.6 is 0 Å². The third kappa shape index (κ3) is 7.11. The second-order valence-corrected chi connectivity index (χ2v) is 22.6. The van der Waals surface area contributed by atoms with Gasteiger partial charge in [-0.05, 0) is 111 Å². The summed E-state index contributed by atoms with van der Waals surface area (Å²) in [5.41, 5.74) is -1.01. The van der Waals surface area contributed by atoms with E-state index in [1.54, 1.807) is 0 Å². The molecular formula is C47H74O19. The summed E-state index contributed by atoms with van der Waals surface area (Å²) < 4.78 is 34.7. The minimum Gasteiger partial charge on any atom is -0.432 e. The minimum atomic E-state index is -1.85. The second-order valence-electron chi connectivity index (χ2n) is 22.6. The summed E-state index contributed by atoms with van der Waals surface area (Å²) in [5, 5.41) is 129. The van der Waals surface area contributed by atoms with Crippen molar-refractivity contribution in [2.45, 2.75) is 197 Å². The highest BCUT2D eigenvalue weighted by Gasteiger charge is 2.81. The van der Waals surface area contributed by atoms with Crippen molar-refractivity contribution in [1.29, 1.82) is 0 Å². The van der Waals surface area contributed by atoms with Gasteiger partial charge in [0.1, 0.15) is 67.1 Å². The van der Waals surface area contributed by atoms with Crippen LogP contribution in [0.1, 0.15) is 92.4 Å². The number of carbonyl (C=O) groups is 1. The van der Waals surface area contributed by atoms with Crippen LogP contribution in [-0.4, -0.2) is 191 Å². The molecule has 3 saturated heterocycles. The number of hydrogen-bond donors (Lipinski definition) is 12. The Morgan fingerprint density at radius 1 is 0.727 bits per heavy atom. The zero-order chi connectivity index (χ0) is 47.8. The van der Waals surface area contributed by atoms with E-state index in [1.165, 1.54) is 12.5 Å². The summed E-state index contributed by atoms with van der Waals surface area (Å²) in [5.74, 6) is -0.106. The molecular weight excluding hydrogens is 868 g/mol. The molecule has 19 heteroatoms. The molecule has 0 aromatic carbocycles. The Labute approximate surface area is 384 Å². The van der Waals surface area contributed by atoms with E-state index in [9.17, 15) is 66.1 Å². The molecule has 0 aromatic heterocycles. The van der Waals surface area contributed by atoms with Crippen molar-refractivity contribution in [3.63, 3.8) is 0 Å². The van der Waals surface area contributed by atoms with E-state index in [-0.39, 0.29) is 46.5 Å². The molecule has 8 fully saturated rings. The van der Waals surface area contributed by atoms with Crippen LogP contribution in [-0.2, 0) is 33.2 Å². The molecule has 0 radical (unpaired) electrons. The highest BCUT2D eigenvalue weighted by molar-refractivity contribution is 5.79. The number of esters is 1. The van der Waals surface area contributed by atoms with Gasteiger partial charge in [-0.2, -0.15) is 0 Å². The number of aliphatic hydroxyl groups excluding tert-OH is 12. The molecule has 0 aromatic rings. The van der Waals surface area contributed by atoms with E-state index in [0.29, 0.717) is 25.2 Å². The lowest BCUT2D eigenvalue weighted by Gasteiger charge is -2.65. The summed E-state index contributed by atoms with van der Waals surface area (Å²) in [4.78, 5) is 14.9. The summed E-state index contributed by atoms with van der Waals surface area (Å²) in [6.07, 6.45) is -17.3. The van der Waals surface area contributed by atoms with Gasteiger partial charge in [0.2, 0.25) is 6.29 Å². The van der Waals surface area contributed by atoms with Crippen molar-refractivity contribution in [3.05, 3.63) is 11.6 Å². The van der Waals surface area contributed by atoms with E-state index >= 15 is 0 Å². The first kappa shape index (κ1) is 49.5. The Balaban J connectivity index is 0.899. The zero-order valence-electron chi connectivity index (χ0n) is 38.5. The normalized spacial score (nSPS) is 57.8. The molecule has 6 aliphatic carbocycles. The van der Waals surface area contributed by atoms with Crippen LogP contribution in [0.15, 0.2) is 11.6 Å².